The molecular weight excluding hydrogens is 374 g/mol. The minimum atomic E-state index is -0.789. The number of hydrogen-bond acceptors (Lipinski definition) is 3. The molecule has 1 aliphatic heterocycles. The number of benzene rings is 3. The van der Waals surface area contributed by atoms with Crippen LogP contribution in [0, 0.1) is 0 Å². The van der Waals surface area contributed by atoms with Crippen LogP contribution >= 0.6 is 0 Å². The largest absolute Gasteiger partial charge is 0.442 e. The Morgan fingerprint density at radius 2 is 1.27 bits per heavy atom. The highest BCUT2D eigenvalue weighted by Crippen LogP contribution is 2.41. The average molecular weight is 399 g/mol. The summed E-state index contributed by atoms with van der Waals surface area (Å²) >= 11 is 0. The van der Waals surface area contributed by atoms with Gasteiger partial charge in [0.2, 0.25) is 0 Å². The summed E-state index contributed by atoms with van der Waals surface area (Å²) in [6, 6.07) is 31.1. The minimum absolute atomic E-state index is 0.212. The second kappa shape index (κ2) is 7.96. The van der Waals surface area contributed by atoms with Crippen molar-refractivity contribution in [2.24, 2.45) is 0 Å². The summed E-state index contributed by atoms with van der Waals surface area (Å²) in [5.41, 5.74) is 2.35. The van der Waals surface area contributed by atoms with Crippen LogP contribution in [0.5, 0.6) is 0 Å². The maximum absolute atomic E-state index is 12.2. The lowest BCUT2D eigenvalue weighted by molar-refractivity contribution is -0.0298. The van der Waals surface area contributed by atoms with Gasteiger partial charge < -0.3 is 14.4 Å². The molecule has 152 valence electrons. The Kier molecular flexibility index (Phi) is 5.01. The molecule has 3 aromatic rings. The van der Waals surface area contributed by atoms with Gasteiger partial charge in [-0.25, -0.2) is 4.79 Å². The van der Waals surface area contributed by atoms with Gasteiger partial charge in [-0.1, -0.05) is 91.0 Å². The predicted molar refractivity (Wildman–Crippen MR) is 115 cm³/mol. The van der Waals surface area contributed by atoms with Gasteiger partial charge in [-0.15, -0.1) is 0 Å². The maximum Gasteiger partial charge on any atom is 0.410 e. The van der Waals surface area contributed by atoms with E-state index in [1.165, 1.54) is 0 Å². The van der Waals surface area contributed by atoms with Crippen LogP contribution in [0.2, 0.25) is 0 Å². The molecule has 1 atom stereocenters. The van der Waals surface area contributed by atoms with Crippen molar-refractivity contribution in [1.29, 1.82) is 0 Å². The highest BCUT2D eigenvalue weighted by molar-refractivity contribution is 5.70. The predicted octanol–water partition coefficient (Wildman–Crippen LogP) is 4.98. The number of hydrogen-bond donors (Lipinski definition) is 0. The number of ether oxygens (including phenoxy) is 2. The SMILES string of the molecule is O=C1O[C@H](COC(c2ccccc2)(c2ccccc2)c2ccccc2)CN1C1CC1. The molecule has 2 aliphatic rings. The fourth-order valence-electron chi connectivity index (χ4n) is 4.30. The highest BCUT2D eigenvalue weighted by atomic mass is 16.6. The van der Waals surface area contributed by atoms with Crippen molar-refractivity contribution in [1.82, 2.24) is 4.90 Å². The molecule has 0 aromatic heterocycles. The van der Waals surface area contributed by atoms with E-state index in [2.05, 4.69) is 36.4 Å². The van der Waals surface area contributed by atoms with Crippen LogP contribution < -0.4 is 0 Å². The first kappa shape index (κ1) is 18.9. The summed E-state index contributed by atoms with van der Waals surface area (Å²) in [6.07, 6.45) is 1.67. The van der Waals surface area contributed by atoms with Crippen LogP contribution in [-0.4, -0.2) is 36.3 Å². The summed E-state index contributed by atoms with van der Waals surface area (Å²) in [4.78, 5) is 14.1. The van der Waals surface area contributed by atoms with Crippen molar-refractivity contribution in [3.05, 3.63) is 108 Å². The van der Waals surface area contributed by atoms with Gasteiger partial charge in [-0.2, -0.15) is 0 Å². The van der Waals surface area contributed by atoms with E-state index in [0.29, 0.717) is 19.2 Å². The van der Waals surface area contributed by atoms with Crippen molar-refractivity contribution < 1.29 is 14.3 Å². The smallest absolute Gasteiger partial charge is 0.410 e. The molecule has 0 N–H and O–H groups in total. The average Bonchev–Trinajstić information content (AvgIpc) is 3.58. The Hall–Kier alpha value is -3.11. The van der Waals surface area contributed by atoms with Crippen molar-refractivity contribution >= 4 is 6.09 Å². The van der Waals surface area contributed by atoms with Gasteiger partial charge in [0.25, 0.3) is 0 Å². The molecule has 5 rings (SSSR count). The number of carbonyl (C=O) groups is 1. The Morgan fingerprint density at radius 1 is 0.800 bits per heavy atom. The van der Waals surface area contributed by atoms with E-state index in [9.17, 15) is 4.79 Å². The fourth-order valence-corrected chi connectivity index (χ4v) is 4.30. The number of rotatable bonds is 7. The molecule has 4 nitrogen and oxygen atoms in total. The number of amides is 1. The molecule has 0 radical (unpaired) electrons. The third-order valence-electron chi connectivity index (χ3n) is 5.92. The van der Waals surface area contributed by atoms with E-state index < -0.39 is 5.60 Å². The molecule has 0 unspecified atom stereocenters. The zero-order valence-corrected chi connectivity index (χ0v) is 16.8. The van der Waals surface area contributed by atoms with Gasteiger partial charge in [0.15, 0.2) is 0 Å². The molecule has 30 heavy (non-hydrogen) atoms. The fraction of sp³-hybridized carbons (Fsp3) is 0.269. The van der Waals surface area contributed by atoms with E-state index in [-0.39, 0.29) is 12.2 Å². The molecule has 0 spiro atoms. The Balaban J connectivity index is 1.53. The number of cyclic esters (lactones) is 1. The van der Waals surface area contributed by atoms with E-state index in [0.717, 1.165) is 29.5 Å². The first-order valence-electron chi connectivity index (χ1n) is 10.5. The molecule has 1 saturated carbocycles. The van der Waals surface area contributed by atoms with E-state index in [1.807, 2.05) is 59.5 Å². The van der Waals surface area contributed by atoms with Gasteiger partial charge >= 0.3 is 6.09 Å². The van der Waals surface area contributed by atoms with Crippen molar-refractivity contribution in [2.75, 3.05) is 13.2 Å². The normalized spacial score (nSPS) is 19.0. The lowest BCUT2D eigenvalue weighted by Gasteiger charge is -2.36. The third kappa shape index (κ3) is 3.48. The summed E-state index contributed by atoms with van der Waals surface area (Å²) < 4.78 is 12.4. The maximum atomic E-state index is 12.2. The van der Waals surface area contributed by atoms with Crippen LogP contribution in [-0.2, 0) is 15.1 Å². The first-order chi connectivity index (χ1) is 14.8. The van der Waals surface area contributed by atoms with E-state index in [1.54, 1.807) is 0 Å². The quantitative estimate of drug-likeness (QED) is 0.526. The Labute approximate surface area is 177 Å². The topological polar surface area (TPSA) is 38.8 Å². The summed E-state index contributed by atoms with van der Waals surface area (Å²) in [5, 5.41) is 0. The summed E-state index contributed by atoms with van der Waals surface area (Å²) in [7, 11) is 0. The minimum Gasteiger partial charge on any atom is -0.442 e. The van der Waals surface area contributed by atoms with Gasteiger partial charge in [0, 0.05) is 6.04 Å². The van der Waals surface area contributed by atoms with Crippen molar-refractivity contribution in [3.63, 3.8) is 0 Å². The molecule has 1 aliphatic carbocycles. The third-order valence-corrected chi connectivity index (χ3v) is 5.92. The van der Waals surface area contributed by atoms with Crippen LogP contribution in [0.3, 0.4) is 0 Å². The molecule has 1 heterocycles. The lowest BCUT2D eigenvalue weighted by Crippen LogP contribution is -2.36. The summed E-state index contributed by atoms with van der Waals surface area (Å²) in [5.74, 6) is 0. The number of nitrogens with zero attached hydrogens (tertiary/aromatic N) is 1. The van der Waals surface area contributed by atoms with Crippen LogP contribution in [0.15, 0.2) is 91.0 Å². The molecule has 0 bridgehead atoms. The van der Waals surface area contributed by atoms with Crippen LogP contribution in [0.4, 0.5) is 4.79 Å². The second-order valence-corrected chi connectivity index (χ2v) is 7.98. The standard InChI is InChI=1S/C26H25NO3/c28-25-27(23-16-17-23)18-24(30-25)19-29-26(20-10-4-1-5-11-20,21-12-6-2-7-13-21)22-14-8-3-9-15-22/h1-15,23-24H,16-19H2/t24-/m0/s1. The zero-order chi connectivity index (χ0) is 20.4. The molecule has 2 fully saturated rings. The van der Waals surface area contributed by atoms with Crippen LogP contribution in [0.25, 0.3) is 0 Å². The molecule has 1 saturated heterocycles. The highest BCUT2D eigenvalue weighted by Gasteiger charge is 2.43. The molecule has 3 aromatic carbocycles. The Morgan fingerprint density at radius 3 is 1.70 bits per heavy atom. The van der Waals surface area contributed by atoms with E-state index in [4.69, 9.17) is 9.47 Å². The lowest BCUT2D eigenvalue weighted by atomic mass is 9.80. The van der Waals surface area contributed by atoms with E-state index >= 15 is 0 Å². The Bertz CT molecular complexity index is 890. The van der Waals surface area contributed by atoms with Gasteiger partial charge in [-0.05, 0) is 29.5 Å². The first-order valence-corrected chi connectivity index (χ1v) is 10.5. The van der Waals surface area contributed by atoms with Gasteiger partial charge in [0.05, 0.1) is 13.2 Å². The molecular formula is C26H25NO3. The number of carbonyl (C=O) groups excluding carboxylic acids is 1. The van der Waals surface area contributed by atoms with Crippen molar-refractivity contribution in [2.45, 2.75) is 30.6 Å². The second-order valence-electron chi connectivity index (χ2n) is 7.98. The molecule has 4 heteroatoms. The van der Waals surface area contributed by atoms with Crippen molar-refractivity contribution in [3.8, 4) is 0 Å². The van der Waals surface area contributed by atoms with Gasteiger partial charge in [0.1, 0.15) is 11.7 Å². The van der Waals surface area contributed by atoms with Crippen LogP contribution in [0.1, 0.15) is 29.5 Å². The summed E-state index contributed by atoms with van der Waals surface area (Å²) in [6.45, 7) is 0.922. The van der Waals surface area contributed by atoms with Gasteiger partial charge in [-0.3, -0.25) is 0 Å². The monoisotopic (exact) mass is 399 g/mol. The zero-order valence-electron chi connectivity index (χ0n) is 16.8. The molecule has 1 amide bonds.